The molecule has 0 saturated heterocycles. The number of hydrogen-bond donors (Lipinski definition) is 2. The van der Waals surface area contributed by atoms with E-state index in [1.165, 1.54) is 6.07 Å². The maximum absolute atomic E-state index is 13.7. The van der Waals surface area contributed by atoms with Crippen LogP contribution in [0.25, 0.3) is 0 Å². The molecule has 1 rings (SSSR count). The third-order valence-corrected chi connectivity index (χ3v) is 2.45. The van der Waals surface area contributed by atoms with E-state index in [1.807, 2.05) is 13.0 Å². The summed E-state index contributed by atoms with van der Waals surface area (Å²) in [5.41, 5.74) is 6.92. The summed E-state index contributed by atoms with van der Waals surface area (Å²) in [4.78, 5) is 1.69. The van der Waals surface area contributed by atoms with Gasteiger partial charge in [0.05, 0.1) is 11.8 Å². The van der Waals surface area contributed by atoms with E-state index < -0.39 is 6.10 Å². The number of halogens is 1. The monoisotopic (exact) mass is 226 g/mol. The van der Waals surface area contributed by atoms with Crippen LogP contribution in [-0.2, 0) is 0 Å². The van der Waals surface area contributed by atoms with Crippen LogP contribution >= 0.6 is 0 Å². The third-order valence-electron chi connectivity index (χ3n) is 2.45. The number of likely N-dealkylation sites (N-methyl/N-ethyl adjacent to an activating group) is 1. The summed E-state index contributed by atoms with van der Waals surface area (Å²) >= 11 is 0. The molecule has 0 aliphatic heterocycles. The smallest absolute Gasteiger partial charge is 0.146 e. The zero-order valence-electron chi connectivity index (χ0n) is 9.94. The van der Waals surface area contributed by atoms with Crippen LogP contribution in [0.15, 0.2) is 18.2 Å². The van der Waals surface area contributed by atoms with Crippen LogP contribution in [-0.4, -0.2) is 24.8 Å². The fourth-order valence-electron chi connectivity index (χ4n) is 1.61. The molecule has 0 saturated carbocycles. The van der Waals surface area contributed by atoms with E-state index in [9.17, 15) is 9.50 Å². The summed E-state index contributed by atoms with van der Waals surface area (Å²) in [6.07, 6.45) is -0.488. The van der Waals surface area contributed by atoms with Crippen molar-refractivity contribution in [3.63, 3.8) is 0 Å². The van der Waals surface area contributed by atoms with E-state index in [0.717, 1.165) is 5.56 Å². The SMILES string of the molecule is CC(O)CN(C)c1ccc(C(C)N)cc1F. The van der Waals surface area contributed by atoms with Crippen molar-refractivity contribution in [3.8, 4) is 0 Å². The number of nitrogens with two attached hydrogens (primary N) is 1. The molecule has 90 valence electrons. The molecule has 0 heterocycles. The molecular formula is C12H19FN2O. The Bertz CT molecular complexity index is 353. The molecule has 0 radical (unpaired) electrons. The van der Waals surface area contributed by atoms with Crippen LogP contribution < -0.4 is 10.6 Å². The van der Waals surface area contributed by atoms with Crippen molar-refractivity contribution in [3.05, 3.63) is 29.6 Å². The predicted octanol–water partition coefficient (Wildman–Crippen LogP) is 1.66. The van der Waals surface area contributed by atoms with Gasteiger partial charge in [-0.25, -0.2) is 4.39 Å². The van der Waals surface area contributed by atoms with Crippen LogP contribution in [0.4, 0.5) is 10.1 Å². The Kier molecular flexibility index (Phi) is 4.26. The summed E-state index contributed by atoms with van der Waals surface area (Å²) in [6, 6.07) is 4.77. The van der Waals surface area contributed by atoms with Gasteiger partial charge in [0, 0.05) is 19.6 Å². The van der Waals surface area contributed by atoms with Crippen molar-refractivity contribution in [1.29, 1.82) is 0 Å². The van der Waals surface area contributed by atoms with Crippen molar-refractivity contribution in [2.45, 2.75) is 26.0 Å². The molecule has 0 aliphatic rings. The van der Waals surface area contributed by atoms with Gasteiger partial charge in [0.15, 0.2) is 0 Å². The van der Waals surface area contributed by atoms with Gasteiger partial charge in [-0.15, -0.1) is 0 Å². The number of benzene rings is 1. The topological polar surface area (TPSA) is 49.5 Å². The molecule has 0 aromatic heterocycles. The molecule has 16 heavy (non-hydrogen) atoms. The van der Waals surface area contributed by atoms with E-state index in [4.69, 9.17) is 5.73 Å². The first kappa shape index (κ1) is 12.9. The highest BCUT2D eigenvalue weighted by atomic mass is 19.1. The second-order valence-electron chi connectivity index (χ2n) is 4.23. The summed E-state index contributed by atoms with van der Waals surface area (Å²) in [7, 11) is 1.75. The molecule has 2 unspecified atom stereocenters. The van der Waals surface area contributed by atoms with Gasteiger partial charge in [-0.2, -0.15) is 0 Å². The lowest BCUT2D eigenvalue weighted by molar-refractivity contribution is 0.201. The van der Waals surface area contributed by atoms with Crippen molar-refractivity contribution in [2.24, 2.45) is 5.73 Å². The van der Waals surface area contributed by atoms with E-state index in [-0.39, 0.29) is 11.9 Å². The van der Waals surface area contributed by atoms with Gasteiger partial charge in [0.2, 0.25) is 0 Å². The molecule has 4 heteroatoms. The minimum absolute atomic E-state index is 0.175. The molecular weight excluding hydrogens is 207 g/mol. The van der Waals surface area contributed by atoms with Crippen LogP contribution in [0.3, 0.4) is 0 Å². The highest BCUT2D eigenvalue weighted by molar-refractivity contribution is 5.49. The zero-order chi connectivity index (χ0) is 12.3. The van der Waals surface area contributed by atoms with Gasteiger partial charge < -0.3 is 15.7 Å². The van der Waals surface area contributed by atoms with E-state index in [0.29, 0.717) is 12.2 Å². The quantitative estimate of drug-likeness (QED) is 0.821. The number of rotatable bonds is 4. The Labute approximate surface area is 95.7 Å². The average molecular weight is 226 g/mol. The summed E-state index contributed by atoms with van der Waals surface area (Å²) in [5.74, 6) is -0.307. The third kappa shape index (κ3) is 3.18. The van der Waals surface area contributed by atoms with Crippen molar-refractivity contribution < 1.29 is 9.50 Å². The molecule has 0 amide bonds. The Morgan fingerprint density at radius 1 is 1.44 bits per heavy atom. The molecule has 0 fully saturated rings. The molecule has 1 aromatic carbocycles. The number of nitrogens with zero attached hydrogens (tertiary/aromatic N) is 1. The van der Waals surface area contributed by atoms with Crippen LogP contribution in [0.2, 0.25) is 0 Å². The van der Waals surface area contributed by atoms with E-state index in [1.54, 1.807) is 24.9 Å². The van der Waals surface area contributed by atoms with Crippen molar-refractivity contribution in [2.75, 3.05) is 18.5 Å². The average Bonchev–Trinajstić information content (AvgIpc) is 2.15. The fourth-order valence-corrected chi connectivity index (χ4v) is 1.61. The first-order valence-electron chi connectivity index (χ1n) is 5.36. The molecule has 0 bridgehead atoms. The molecule has 0 aliphatic carbocycles. The number of hydrogen-bond acceptors (Lipinski definition) is 3. The number of anilines is 1. The Morgan fingerprint density at radius 2 is 2.06 bits per heavy atom. The minimum atomic E-state index is -0.488. The van der Waals surface area contributed by atoms with Gasteiger partial charge in [0.25, 0.3) is 0 Å². The molecule has 0 spiro atoms. The fraction of sp³-hybridized carbons (Fsp3) is 0.500. The van der Waals surface area contributed by atoms with Gasteiger partial charge >= 0.3 is 0 Å². The lowest BCUT2D eigenvalue weighted by Gasteiger charge is -2.22. The molecule has 3 nitrogen and oxygen atoms in total. The lowest BCUT2D eigenvalue weighted by Crippen LogP contribution is -2.27. The second kappa shape index (κ2) is 5.27. The van der Waals surface area contributed by atoms with Crippen molar-refractivity contribution in [1.82, 2.24) is 0 Å². The maximum Gasteiger partial charge on any atom is 0.146 e. The second-order valence-corrected chi connectivity index (χ2v) is 4.23. The van der Waals surface area contributed by atoms with Crippen LogP contribution in [0, 0.1) is 5.82 Å². The molecule has 2 atom stereocenters. The summed E-state index contributed by atoms with van der Waals surface area (Å²) < 4.78 is 13.7. The van der Waals surface area contributed by atoms with Crippen LogP contribution in [0.5, 0.6) is 0 Å². The first-order chi connectivity index (χ1) is 7.41. The van der Waals surface area contributed by atoms with Crippen molar-refractivity contribution >= 4 is 5.69 Å². The highest BCUT2D eigenvalue weighted by Gasteiger charge is 2.11. The zero-order valence-corrected chi connectivity index (χ0v) is 9.94. The normalized spacial score (nSPS) is 14.6. The number of aliphatic hydroxyl groups is 1. The van der Waals surface area contributed by atoms with Gasteiger partial charge in [-0.1, -0.05) is 6.07 Å². The Morgan fingerprint density at radius 3 is 2.50 bits per heavy atom. The van der Waals surface area contributed by atoms with E-state index in [2.05, 4.69) is 0 Å². The predicted molar refractivity (Wildman–Crippen MR) is 64.0 cm³/mol. The van der Waals surface area contributed by atoms with Gasteiger partial charge in [0.1, 0.15) is 5.82 Å². The molecule has 3 N–H and O–H groups in total. The lowest BCUT2D eigenvalue weighted by atomic mass is 10.1. The summed E-state index contributed by atoms with van der Waals surface area (Å²) in [6.45, 7) is 3.88. The van der Waals surface area contributed by atoms with Gasteiger partial charge in [-0.05, 0) is 31.5 Å². The highest BCUT2D eigenvalue weighted by Crippen LogP contribution is 2.21. The summed E-state index contributed by atoms with van der Waals surface area (Å²) in [5, 5.41) is 9.23. The van der Waals surface area contributed by atoms with Crippen LogP contribution in [0.1, 0.15) is 25.5 Å². The minimum Gasteiger partial charge on any atom is -0.392 e. The number of aliphatic hydroxyl groups excluding tert-OH is 1. The Balaban J connectivity index is 2.90. The standard InChI is InChI=1S/C12H19FN2O/c1-8(16)7-15(3)12-5-4-10(9(2)14)6-11(12)13/h4-6,8-9,16H,7,14H2,1-3H3. The van der Waals surface area contributed by atoms with Gasteiger partial charge in [-0.3, -0.25) is 0 Å². The van der Waals surface area contributed by atoms with E-state index >= 15 is 0 Å². The largest absolute Gasteiger partial charge is 0.392 e. The first-order valence-corrected chi connectivity index (χ1v) is 5.36. The Hall–Kier alpha value is -1.13. The molecule has 1 aromatic rings. The maximum atomic E-state index is 13.7.